The Kier molecular flexibility index (Phi) is 4.54. The molecule has 1 aromatic rings. The van der Waals surface area contributed by atoms with Gasteiger partial charge in [-0.25, -0.2) is 4.98 Å². The zero-order valence-corrected chi connectivity index (χ0v) is 11.5. The van der Waals surface area contributed by atoms with Gasteiger partial charge in [-0.15, -0.1) is 0 Å². The lowest BCUT2D eigenvalue weighted by atomic mass is 10.1. The quantitative estimate of drug-likeness (QED) is 0.746. The third kappa shape index (κ3) is 3.81. The molecule has 1 aliphatic heterocycles. The van der Waals surface area contributed by atoms with E-state index in [1.54, 1.807) is 0 Å². The summed E-state index contributed by atoms with van der Waals surface area (Å²) in [5.74, 6) is 1.62. The van der Waals surface area contributed by atoms with Crippen LogP contribution in [0.5, 0.6) is 0 Å². The minimum absolute atomic E-state index is 0.128. The Morgan fingerprint density at radius 1 is 1.53 bits per heavy atom. The Morgan fingerprint density at radius 3 is 3.05 bits per heavy atom. The summed E-state index contributed by atoms with van der Waals surface area (Å²) in [5.41, 5.74) is 1.01. The van der Waals surface area contributed by atoms with E-state index in [-0.39, 0.29) is 11.9 Å². The molecule has 1 aromatic heterocycles. The maximum absolute atomic E-state index is 11.1. The number of aromatic nitrogens is 2. The maximum atomic E-state index is 11.1. The summed E-state index contributed by atoms with van der Waals surface area (Å²) in [6.07, 6.45) is 4.26. The van der Waals surface area contributed by atoms with Crippen molar-refractivity contribution in [2.75, 3.05) is 23.7 Å². The number of hydrogen-bond acceptors (Lipinski definition) is 5. The lowest BCUT2D eigenvalue weighted by Crippen LogP contribution is -2.42. The average Bonchev–Trinajstić information content (AvgIpc) is 2.42. The van der Waals surface area contributed by atoms with Gasteiger partial charge in [0.05, 0.1) is 0 Å². The first-order chi connectivity index (χ1) is 9.19. The number of rotatable bonds is 5. The molecule has 1 unspecified atom stereocenters. The standard InChI is InChI=1S/C13H21N5O/c1-3-6-14-13-16-7-9(2)12(18-13)17-10-4-5-11(19)15-8-10/h7,10H,3-6,8H2,1-2H3,(H,15,19)(H2,14,16,17,18). The van der Waals surface area contributed by atoms with Crippen LogP contribution in [0.2, 0.25) is 0 Å². The van der Waals surface area contributed by atoms with Gasteiger partial charge in [0.15, 0.2) is 0 Å². The number of nitrogens with zero attached hydrogens (tertiary/aromatic N) is 2. The van der Waals surface area contributed by atoms with E-state index in [0.29, 0.717) is 18.9 Å². The van der Waals surface area contributed by atoms with Crippen LogP contribution < -0.4 is 16.0 Å². The Balaban J connectivity index is 2.00. The number of carbonyl (C=O) groups excluding carboxylic acids is 1. The maximum Gasteiger partial charge on any atom is 0.224 e. The predicted molar refractivity (Wildman–Crippen MR) is 75.2 cm³/mol. The number of amides is 1. The fourth-order valence-electron chi connectivity index (χ4n) is 1.96. The van der Waals surface area contributed by atoms with E-state index in [2.05, 4.69) is 32.8 Å². The van der Waals surface area contributed by atoms with E-state index < -0.39 is 0 Å². The summed E-state index contributed by atoms with van der Waals surface area (Å²) >= 11 is 0. The van der Waals surface area contributed by atoms with E-state index in [1.807, 2.05) is 13.1 Å². The second-order valence-electron chi connectivity index (χ2n) is 4.84. The van der Waals surface area contributed by atoms with Crippen molar-refractivity contribution in [2.45, 2.75) is 39.2 Å². The first-order valence-electron chi connectivity index (χ1n) is 6.79. The van der Waals surface area contributed by atoms with Crippen molar-refractivity contribution in [3.05, 3.63) is 11.8 Å². The minimum atomic E-state index is 0.128. The lowest BCUT2D eigenvalue weighted by Gasteiger charge is -2.24. The van der Waals surface area contributed by atoms with Gasteiger partial charge in [-0.1, -0.05) is 6.92 Å². The molecule has 0 radical (unpaired) electrons. The number of carbonyl (C=O) groups is 1. The van der Waals surface area contributed by atoms with Crippen LogP contribution in [-0.4, -0.2) is 35.0 Å². The molecular formula is C13H21N5O. The molecule has 0 spiro atoms. The first-order valence-corrected chi connectivity index (χ1v) is 6.79. The Labute approximate surface area is 113 Å². The summed E-state index contributed by atoms with van der Waals surface area (Å²) in [6, 6.07) is 0.241. The molecule has 1 saturated heterocycles. The summed E-state index contributed by atoms with van der Waals surface area (Å²) in [4.78, 5) is 19.9. The summed E-state index contributed by atoms with van der Waals surface area (Å²) in [5, 5.41) is 9.42. The van der Waals surface area contributed by atoms with E-state index in [4.69, 9.17) is 0 Å². The molecule has 1 atom stereocenters. The summed E-state index contributed by atoms with van der Waals surface area (Å²) in [7, 11) is 0. The smallest absolute Gasteiger partial charge is 0.224 e. The molecule has 2 rings (SSSR count). The van der Waals surface area contributed by atoms with Gasteiger partial charge >= 0.3 is 0 Å². The normalized spacial score (nSPS) is 18.8. The summed E-state index contributed by atoms with van der Waals surface area (Å²) < 4.78 is 0. The van der Waals surface area contributed by atoms with Gasteiger partial charge in [0.2, 0.25) is 11.9 Å². The van der Waals surface area contributed by atoms with Crippen molar-refractivity contribution in [1.29, 1.82) is 0 Å². The van der Waals surface area contributed by atoms with Crippen LogP contribution in [0.15, 0.2) is 6.20 Å². The number of anilines is 2. The van der Waals surface area contributed by atoms with Gasteiger partial charge in [0.25, 0.3) is 0 Å². The zero-order chi connectivity index (χ0) is 13.7. The second-order valence-corrected chi connectivity index (χ2v) is 4.84. The molecule has 0 aliphatic carbocycles. The third-order valence-electron chi connectivity index (χ3n) is 3.11. The van der Waals surface area contributed by atoms with Gasteiger partial charge in [-0.2, -0.15) is 4.98 Å². The monoisotopic (exact) mass is 263 g/mol. The summed E-state index contributed by atoms with van der Waals surface area (Å²) in [6.45, 7) is 5.60. The highest BCUT2D eigenvalue weighted by atomic mass is 16.1. The van der Waals surface area contributed by atoms with Crippen LogP contribution in [-0.2, 0) is 4.79 Å². The Bertz CT molecular complexity index is 439. The van der Waals surface area contributed by atoms with Crippen molar-refractivity contribution in [2.24, 2.45) is 0 Å². The van der Waals surface area contributed by atoms with Crippen molar-refractivity contribution < 1.29 is 4.79 Å². The van der Waals surface area contributed by atoms with Crippen LogP contribution in [0, 0.1) is 6.92 Å². The fraction of sp³-hybridized carbons (Fsp3) is 0.615. The van der Waals surface area contributed by atoms with E-state index in [1.165, 1.54) is 0 Å². The van der Waals surface area contributed by atoms with E-state index >= 15 is 0 Å². The molecule has 1 amide bonds. The van der Waals surface area contributed by atoms with Crippen molar-refractivity contribution in [1.82, 2.24) is 15.3 Å². The molecule has 0 saturated carbocycles. The van der Waals surface area contributed by atoms with Crippen LogP contribution in [0.4, 0.5) is 11.8 Å². The molecule has 19 heavy (non-hydrogen) atoms. The molecule has 1 aliphatic rings. The largest absolute Gasteiger partial charge is 0.365 e. The number of piperidine rings is 1. The molecule has 2 heterocycles. The first kappa shape index (κ1) is 13.6. The Morgan fingerprint density at radius 2 is 2.37 bits per heavy atom. The van der Waals surface area contributed by atoms with E-state index in [9.17, 15) is 4.79 Å². The zero-order valence-electron chi connectivity index (χ0n) is 11.5. The van der Waals surface area contributed by atoms with Gasteiger partial charge < -0.3 is 16.0 Å². The van der Waals surface area contributed by atoms with E-state index in [0.717, 1.165) is 30.8 Å². The molecule has 6 nitrogen and oxygen atoms in total. The molecule has 104 valence electrons. The average molecular weight is 263 g/mol. The highest BCUT2D eigenvalue weighted by Crippen LogP contribution is 2.16. The topological polar surface area (TPSA) is 78.9 Å². The molecule has 1 fully saturated rings. The highest BCUT2D eigenvalue weighted by Gasteiger charge is 2.18. The predicted octanol–water partition coefficient (Wildman–Crippen LogP) is 1.30. The molecular weight excluding hydrogens is 242 g/mol. The Hall–Kier alpha value is -1.85. The number of hydrogen-bond donors (Lipinski definition) is 3. The fourth-order valence-corrected chi connectivity index (χ4v) is 1.96. The van der Waals surface area contributed by atoms with Gasteiger partial charge in [-0.05, 0) is 19.8 Å². The lowest BCUT2D eigenvalue weighted by molar-refractivity contribution is -0.122. The van der Waals surface area contributed by atoms with Crippen molar-refractivity contribution in [3.8, 4) is 0 Å². The van der Waals surface area contributed by atoms with Crippen molar-refractivity contribution >= 4 is 17.7 Å². The van der Waals surface area contributed by atoms with Crippen LogP contribution in [0.3, 0.4) is 0 Å². The van der Waals surface area contributed by atoms with Gasteiger partial charge in [-0.3, -0.25) is 4.79 Å². The van der Waals surface area contributed by atoms with Crippen LogP contribution in [0.1, 0.15) is 31.7 Å². The van der Waals surface area contributed by atoms with Gasteiger partial charge in [0, 0.05) is 37.3 Å². The minimum Gasteiger partial charge on any atom is -0.365 e. The molecule has 6 heteroatoms. The van der Waals surface area contributed by atoms with Crippen LogP contribution in [0.25, 0.3) is 0 Å². The molecule has 0 aromatic carbocycles. The number of aryl methyl sites for hydroxylation is 1. The number of nitrogens with one attached hydrogen (secondary N) is 3. The second kappa shape index (κ2) is 6.36. The van der Waals surface area contributed by atoms with Crippen molar-refractivity contribution in [3.63, 3.8) is 0 Å². The SMILES string of the molecule is CCCNc1ncc(C)c(NC2CCC(=O)NC2)n1. The highest BCUT2D eigenvalue weighted by molar-refractivity contribution is 5.77. The molecule has 0 bridgehead atoms. The van der Waals surface area contributed by atoms with Crippen LogP contribution >= 0.6 is 0 Å². The molecule has 3 N–H and O–H groups in total. The third-order valence-corrected chi connectivity index (χ3v) is 3.11. The van der Waals surface area contributed by atoms with Gasteiger partial charge in [0.1, 0.15) is 5.82 Å².